The van der Waals surface area contributed by atoms with Crippen molar-refractivity contribution >= 4 is 6.16 Å². The molecule has 0 aliphatic carbocycles. The van der Waals surface area contributed by atoms with E-state index in [0.717, 1.165) is 0 Å². The van der Waals surface area contributed by atoms with Crippen LogP contribution in [0.2, 0.25) is 0 Å². The number of rotatable bonds is 3. The van der Waals surface area contributed by atoms with Gasteiger partial charge < -0.3 is 28.8 Å². The summed E-state index contributed by atoms with van der Waals surface area (Å²) in [5.74, 6) is -0.779. The van der Waals surface area contributed by atoms with Crippen molar-refractivity contribution < 1.29 is 33.6 Å². The van der Waals surface area contributed by atoms with Gasteiger partial charge in [-0.2, -0.15) is 0 Å². The molecular formula is C12H20O7. The summed E-state index contributed by atoms with van der Waals surface area (Å²) >= 11 is 0. The molecule has 0 spiro atoms. The Labute approximate surface area is 111 Å². The third kappa shape index (κ3) is 3.36. The maximum Gasteiger partial charge on any atom is 0.508 e. The molecular weight excluding hydrogens is 256 g/mol. The topological polar surface area (TPSA) is 83.5 Å². The van der Waals surface area contributed by atoms with E-state index in [1.165, 1.54) is 0 Å². The van der Waals surface area contributed by atoms with Gasteiger partial charge in [-0.05, 0) is 27.7 Å². The first-order chi connectivity index (χ1) is 8.78. The van der Waals surface area contributed by atoms with E-state index in [1.807, 2.05) is 0 Å². The van der Waals surface area contributed by atoms with Crippen LogP contribution in [0.25, 0.3) is 0 Å². The largest absolute Gasteiger partial charge is 0.508 e. The SMILES string of the molecule is CC(C)OC(=O)OC[C@H]1O[C@@H]2OC(C)(C)O[C@@H]2[C@H]1O. The van der Waals surface area contributed by atoms with Gasteiger partial charge in [0.25, 0.3) is 0 Å². The summed E-state index contributed by atoms with van der Waals surface area (Å²) in [6, 6.07) is 0. The Balaban J connectivity index is 1.80. The van der Waals surface area contributed by atoms with E-state index in [2.05, 4.69) is 0 Å². The van der Waals surface area contributed by atoms with Gasteiger partial charge >= 0.3 is 6.16 Å². The van der Waals surface area contributed by atoms with Gasteiger partial charge in [0.2, 0.25) is 0 Å². The fraction of sp³-hybridized carbons (Fsp3) is 0.917. The van der Waals surface area contributed by atoms with Crippen LogP contribution < -0.4 is 0 Å². The quantitative estimate of drug-likeness (QED) is 0.763. The highest BCUT2D eigenvalue weighted by atomic mass is 16.8. The molecule has 0 bridgehead atoms. The third-order valence-corrected chi connectivity index (χ3v) is 2.81. The number of fused-ring (bicyclic) bond motifs is 1. The zero-order valence-corrected chi connectivity index (χ0v) is 11.5. The molecule has 0 amide bonds. The van der Waals surface area contributed by atoms with Crippen LogP contribution >= 0.6 is 0 Å². The van der Waals surface area contributed by atoms with Crippen LogP contribution in [0.15, 0.2) is 0 Å². The first kappa shape index (κ1) is 14.5. The van der Waals surface area contributed by atoms with E-state index in [1.54, 1.807) is 27.7 Å². The summed E-state index contributed by atoms with van der Waals surface area (Å²) in [7, 11) is 0. The molecule has 0 unspecified atom stereocenters. The summed E-state index contributed by atoms with van der Waals surface area (Å²) in [4.78, 5) is 11.2. The van der Waals surface area contributed by atoms with Gasteiger partial charge in [0, 0.05) is 0 Å². The summed E-state index contributed by atoms with van der Waals surface area (Å²) < 4.78 is 26.1. The summed E-state index contributed by atoms with van der Waals surface area (Å²) in [5, 5.41) is 10.0. The Kier molecular flexibility index (Phi) is 4.00. The zero-order valence-electron chi connectivity index (χ0n) is 11.5. The lowest BCUT2D eigenvalue weighted by atomic mass is 10.1. The number of hydrogen-bond acceptors (Lipinski definition) is 7. The number of carbonyl (C=O) groups is 1. The molecule has 2 heterocycles. The van der Waals surface area contributed by atoms with Crippen LogP contribution in [0.4, 0.5) is 4.79 Å². The maximum absolute atomic E-state index is 11.2. The van der Waals surface area contributed by atoms with E-state index in [-0.39, 0.29) is 12.7 Å². The highest BCUT2D eigenvalue weighted by molar-refractivity contribution is 5.60. The molecule has 7 heteroatoms. The first-order valence-electron chi connectivity index (χ1n) is 6.31. The van der Waals surface area contributed by atoms with Crippen LogP contribution in [0.1, 0.15) is 27.7 Å². The fourth-order valence-corrected chi connectivity index (χ4v) is 2.07. The Hall–Kier alpha value is -0.890. The molecule has 0 aromatic carbocycles. The lowest BCUT2D eigenvalue weighted by Crippen LogP contribution is -2.37. The molecule has 0 saturated carbocycles. The minimum atomic E-state index is -0.904. The minimum absolute atomic E-state index is 0.104. The van der Waals surface area contributed by atoms with Crippen molar-refractivity contribution in [3.8, 4) is 0 Å². The lowest BCUT2D eigenvalue weighted by molar-refractivity contribution is -0.218. The number of aliphatic hydroxyl groups excluding tert-OH is 1. The van der Waals surface area contributed by atoms with E-state index in [4.69, 9.17) is 23.7 Å². The fourth-order valence-electron chi connectivity index (χ4n) is 2.07. The van der Waals surface area contributed by atoms with Gasteiger partial charge in [0.1, 0.15) is 24.9 Å². The van der Waals surface area contributed by atoms with E-state index >= 15 is 0 Å². The van der Waals surface area contributed by atoms with Gasteiger partial charge in [-0.3, -0.25) is 0 Å². The third-order valence-electron chi connectivity index (χ3n) is 2.81. The highest BCUT2D eigenvalue weighted by Crippen LogP contribution is 2.37. The number of carbonyl (C=O) groups excluding carboxylic acids is 1. The van der Waals surface area contributed by atoms with Gasteiger partial charge in [0.05, 0.1) is 6.10 Å². The molecule has 2 rings (SSSR count). The summed E-state index contributed by atoms with van der Waals surface area (Å²) in [6.45, 7) is 6.82. The highest BCUT2D eigenvalue weighted by Gasteiger charge is 2.54. The van der Waals surface area contributed by atoms with E-state index in [0.29, 0.717) is 0 Å². The second kappa shape index (κ2) is 5.24. The minimum Gasteiger partial charge on any atom is -0.432 e. The molecule has 2 aliphatic rings. The molecule has 0 radical (unpaired) electrons. The van der Waals surface area contributed by atoms with Crippen molar-refractivity contribution in [3.63, 3.8) is 0 Å². The Bertz CT molecular complexity index is 341. The molecule has 2 aliphatic heterocycles. The van der Waals surface area contributed by atoms with Crippen LogP contribution in [0.5, 0.6) is 0 Å². The second-order valence-corrected chi connectivity index (χ2v) is 5.36. The summed E-state index contributed by atoms with van der Waals surface area (Å²) in [6.07, 6.45) is -3.83. The average molecular weight is 276 g/mol. The van der Waals surface area contributed by atoms with Crippen LogP contribution in [-0.2, 0) is 23.7 Å². The average Bonchev–Trinajstić information content (AvgIpc) is 2.70. The zero-order chi connectivity index (χ0) is 14.2. The molecule has 0 aromatic rings. The van der Waals surface area contributed by atoms with Crippen LogP contribution in [0.3, 0.4) is 0 Å². The molecule has 2 fully saturated rings. The number of ether oxygens (including phenoxy) is 5. The molecule has 19 heavy (non-hydrogen) atoms. The van der Waals surface area contributed by atoms with Crippen LogP contribution in [0, 0.1) is 0 Å². The van der Waals surface area contributed by atoms with Gasteiger partial charge in [0.15, 0.2) is 12.1 Å². The van der Waals surface area contributed by atoms with Crippen LogP contribution in [-0.4, -0.2) is 54.4 Å². The van der Waals surface area contributed by atoms with Crippen molar-refractivity contribution in [2.45, 2.75) is 64.2 Å². The number of hydrogen-bond donors (Lipinski definition) is 1. The standard InChI is InChI=1S/C12H20O7/c1-6(2)16-11(14)15-5-7-8(13)9-10(17-7)19-12(3,4)18-9/h6-10,13H,5H2,1-4H3/t7-,8+,9-,10-/m1/s1. The smallest absolute Gasteiger partial charge is 0.432 e. The molecule has 0 aromatic heterocycles. The van der Waals surface area contributed by atoms with E-state index in [9.17, 15) is 9.90 Å². The normalized spacial score (nSPS) is 36.3. The van der Waals surface area contributed by atoms with E-state index < -0.39 is 36.5 Å². The lowest BCUT2D eigenvalue weighted by Gasteiger charge is -2.22. The van der Waals surface area contributed by atoms with Gasteiger partial charge in [-0.25, -0.2) is 4.79 Å². The molecule has 1 N–H and O–H groups in total. The van der Waals surface area contributed by atoms with Crippen molar-refractivity contribution in [2.75, 3.05) is 6.61 Å². The molecule has 4 atom stereocenters. The van der Waals surface area contributed by atoms with Crippen molar-refractivity contribution in [2.24, 2.45) is 0 Å². The molecule has 7 nitrogen and oxygen atoms in total. The second-order valence-electron chi connectivity index (χ2n) is 5.36. The Morgan fingerprint density at radius 3 is 2.63 bits per heavy atom. The molecule has 110 valence electrons. The molecule has 2 saturated heterocycles. The predicted molar refractivity (Wildman–Crippen MR) is 62.3 cm³/mol. The maximum atomic E-state index is 11.2. The Morgan fingerprint density at radius 1 is 1.37 bits per heavy atom. The van der Waals surface area contributed by atoms with Crippen molar-refractivity contribution in [1.82, 2.24) is 0 Å². The predicted octanol–water partition coefficient (Wildman–Crippen LogP) is 0.785. The van der Waals surface area contributed by atoms with Crippen molar-refractivity contribution in [1.29, 1.82) is 0 Å². The van der Waals surface area contributed by atoms with Crippen molar-refractivity contribution in [3.05, 3.63) is 0 Å². The summed E-state index contributed by atoms with van der Waals surface area (Å²) in [5.41, 5.74) is 0. The first-order valence-corrected chi connectivity index (χ1v) is 6.31. The Morgan fingerprint density at radius 2 is 2.05 bits per heavy atom. The monoisotopic (exact) mass is 276 g/mol. The van der Waals surface area contributed by atoms with Gasteiger partial charge in [-0.15, -0.1) is 0 Å². The van der Waals surface area contributed by atoms with Gasteiger partial charge in [-0.1, -0.05) is 0 Å². The number of aliphatic hydroxyl groups is 1.